The zero-order valence-electron chi connectivity index (χ0n) is 15.1. The second-order valence-corrected chi connectivity index (χ2v) is 7.24. The van der Waals surface area contributed by atoms with Gasteiger partial charge in [0.15, 0.2) is 0 Å². The van der Waals surface area contributed by atoms with Crippen LogP contribution in [0.4, 0.5) is 0 Å². The van der Waals surface area contributed by atoms with Gasteiger partial charge in [-0.2, -0.15) is 0 Å². The Morgan fingerprint density at radius 3 is 2.69 bits per heavy atom. The number of fused-ring (bicyclic) bond motifs is 1. The number of carbonyl (C=O) groups excluding carboxylic acids is 1. The number of nitrogens with zero attached hydrogens (tertiary/aromatic N) is 3. The monoisotopic (exact) mass is 348 g/mol. The predicted octanol–water partition coefficient (Wildman–Crippen LogP) is 2.73. The maximum Gasteiger partial charge on any atom is 0.252 e. The van der Waals surface area contributed by atoms with Crippen molar-refractivity contribution < 1.29 is 4.79 Å². The van der Waals surface area contributed by atoms with Gasteiger partial charge in [-0.05, 0) is 50.7 Å². The van der Waals surface area contributed by atoms with Gasteiger partial charge < -0.3 is 14.6 Å². The van der Waals surface area contributed by atoms with Crippen molar-refractivity contribution in [3.8, 4) is 0 Å². The highest BCUT2D eigenvalue weighted by molar-refractivity contribution is 5.94. The lowest BCUT2D eigenvalue weighted by molar-refractivity contribution is 0.0927. The summed E-state index contributed by atoms with van der Waals surface area (Å²) in [4.78, 5) is 19.3. The number of carbonyl (C=O) groups is 1. The van der Waals surface area contributed by atoms with Crippen molar-refractivity contribution in [2.24, 2.45) is 0 Å². The van der Waals surface area contributed by atoms with Gasteiger partial charge in [0, 0.05) is 30.6 Å². The number of hydrogen-bond donors (Lipinski definition) is 1. The van der Waals surface area contributed by atoms with E-state index >= 15 is 0 Å². The van der Waals surface area contributed by atoms with Gasteiger partial charge in [0.25, 0.3) is 5.91 Å². The van der Waals surface area contributed by atoms with E-state index in [9.17, 15) is 4.79 Å². The molecule has 3 aromatic rings. The van der Waals surface area contributed by atoms with Gasteiger partial charge in [-0.3, -0.25) is 4.79 Å². The van der Waals surface area contributed by atoms with E-state index in [0.29, 0.717) is 12.1 Å². The molecule has 0 unspecified atom stereocenters. The maximum absolute atomic E-state index is 12.7. The van der Waals surface area contributed by atoms with Crippen molar-refractivity contribution in [1.29, 1.82) is 0 Å². The Hall–Kier alpha value is -2.66. The van der Waals surface area contributed by atoms with Gasteiger partial charge in [-0.15, -0.1) is 0 Å². The number of pyridine rings is 1. The SMILES string of the molecule is CN1CCC(CNC(=O)c2ccc3nccn3c2)(c2ccccc2)CC1. The minimum absolute atomic E-state index is 0.00252. The van der Waals surface area contributed by atoms with Crippen LogP contribution in [-0.4, -0.2) is 46.9 Å². The number of nitrogens with one attached hydrogen (secondary N) is 1. The number of imidazole rings is 1. The van der Waals surface area contributed by atoms with Crippen LogP contribution in [0.15, 0.2) is 61.1 Å². The van der Waals surface area contributed by atoms with Gasteiger partial charge in [-0.25, -0.2) is 4.98 Å². The number of rotatable bonds is 4. The quantitative estimate of drug-likeness (QED) is 0.789. The predicted molar refractivity (Wildman–Crippen MR) is 102 cm³/mol. The van der Waals surface area contributed by atoms with Crippen LogP contribution in [0.3, 0.4) is 0 Å². The van der Waals surface area contributed by atoms with Crippen LogP contribution >= 0.6 is 0 Å². The van der Waals surface area contributed by atoms with Gasteiger partial charge in [0.05, 0.1) is 5.56 Å². The fourth-order valence-corrected chi connectivity index (χ4v) is 3.81. The zero-order valence-corrected chi connectivity index (χ0v) is 15.1. The van der Waals surface area contributed by atoms with Crippen LogP contribution in [0.1, 0.15) is 28.8 Å². The van der Waals surface area contributed by atoms with E-state index in [1.165, 1.54) is 5.56 Å². The Kier molecular flexibility index (Phi) is 4.47. The number of benzene rings is 1. The molecule has 0 saturated carbocycles. The van der Waals surface area contributed by atoms with Gasteiger partial charge in [0.2, 0.25) is 0 Å². The molecular formula is C21H24N4O. The van der Waals surface area contributed by atoms with Crippen LogP contribution in [-0.2, 0) is 5.41 Å². The van der Waals surface area contributed by atoms with E-state index in [0.717, 1.165) is 31.6 Å². The second kappa shape index (κ2) is 6.92. The molecule has 2 aromatic heterocycles. The molecule has 26 heavy (non-hydrogen) atoms. The van der Waals surface area contributed by atoms with Crippen LogP contribution < -0.4 is 5.32 Å². The van der Waals surface area contributed by atoms with Crippen molar-refractivity contribution in [2.75, 3.05) is 26.7 Å². The first-order valence-electron chi connectivity index (χ1n) is 9.11. The first kappa shape index (κ1) is 16.8. The molecule has 1 aliphatic heterocycles. The van der Waals surface area contributed by atoms with Crippen molar-refractivity contribution in [3.05, 3.63) is 72.2 Å². The molecule has 0 bridgehead atoms. The first-order chi connectivity index (χ1) is 12.7. The summed E-state index contributed by atoms with van der Waals surface area (Å²) in [7, 11) is 2.16. The number of hydrogen-bond acceptors (Lipinski definition) is 3. The van der Waals surface area contributed by atoms with Crippen LogP contribution in [0.25, 0.3) is 5.65 Å². The Bertz CT molecular complexity index is 895. The molecule has 0 aliphatic carbocycles. The summed E-state index contributed by atoms with van der Waals surface area (Å²) in [6.45, 7) is 2.75. The van der Waals surface area contributed by atoms with E-state index < -0.39 is 0 Å². The smallest absolute Gasteiger partial charge is 0.252 e. The zero-order chi connectivity index (χ0) is 18.0. The second-order valence-electron chi connectivity index (χ2n) is 7.24. The fourth-order valence-electron chi connectivity index (χ4n) is 3.81. The summed E-state index contributed by atoms with van der Waals surface area (Å²) in [5.41, 5.74) is 2.82. The number of likely N-dealkylation sites (tertiary alicyclic amines) is 1. The Morgan fingerprint density at radius 1 is 1.15 bits per heavy atom. The molecule has 0 radical (unpaired) electrons. The maximum atomic E-state index is 12.7. The molecule has 1 amide bonds. The number of piperidine rings is 1. The molecule has 1 N–H and O–H groups in total. The third kappa shape index (κ3) is 3.22. The van der Waals surface area contributed by atoms with Crippen molar-refractivity contribution >= 4 is 11.6 Å². The molecule has 134 valence electrons. The van der Waals surface area contributed by atoms with E-state index in [2.05, 4.69) is 46.5 Å². The summed E-state index contributed by atoms with van der Waals surface area (Å²) < 4.78 is 1.87. The minimum Gasteiger partial charge on any atom is -0.351 e. The summed E-state index contributed by atoms with van der Waals surface area (Å²) in [5, 5.41) is 3.19. The number of aromatic nitrogens is 2. The summed E-state index contributed by atoms with van der Waals surface area (Å²) in [6.07, 6.45) is 7.53. The van der Waals surface area contributed by atoms with Crippen molar-refractivity contribution in [1.82, 2.24) is 19.6 Å². The molecule has 1 fully saturated rings. The summed E-state index contributed by atoms with van der Waals surface area (Å²) >= 11 is 0. The lowest BCUT2D eigenvalue weighted by atomic mass is 9.72. The molecule has 1 saturated heterocycles. The average molecular weight is 348 g/mol. The molecular weight excluding hydrogens is 324 g/mol. The molecule has 5 nitrogen and oxygen atoms in total. The van der Waals surface area contributed by atoms with Crippen molar-refractivity contribution in [2.45, 2.75) is 18.3 Å². The standard InChI is InChI=1S/C21H24N4O/c1-24-12-9-21(10-13-24,18-5-3-2-4-6-18)16-23-20(26)17-7-8-19-22-11-14-25(19)15-17/h2-8,11,14-15H,9-10,12-13,16H2,1H3,(H,23,26). The average Bonchev–Trinajstić information content (AvgIpc) is 3.16. The van der Waals surface area contributed by atoms with E-state index in [1.54, 1.807) is 6.20 Å². The Morgan fingerprint density at radius 2 is 1.92 bits per heavy atom. The molecule has 3 heterocycles. The normalized spacial score (nSPS) is 17.3. The molecule has 4 rings (SSSR count). The van der Waals surface area contributed by atoms with E-state index in [-0.39, 0.29) is 11.3 Å². The lowest BCUT2D eigenvalue weighted by Crippen LogP contribution is -2.48. The highest BCUT2D eigenvalue weighted by Crippen LogP contribution is 2.34. The van der Waals surface area contributed by atoms with Crippen LogP contribution in [0, 0.1) is 0 Å². The van der Waals surface area contributed by atoms with Crippen LogP contribution in [0.2, 0.25) is 0 Å². The molecule has 0 spiro atoms. The Labute approximate surface area is 153 Å². The minimum atomic E-state index is -0.0326. The summed E-state index contributed by atoms with van der Waals surface area (Å²) in [6, 6.07) is 14.3. The topological polar surface area (TPSA) is 49.6 Å². The Balaban J connectivity index is 1.53. The van der Waals surface area contributed by atoms with Crippen molar-refractivity contribution in [3.63, 3.8) is 0 Å². The molecule has 1 aromatic carbocycles. The van der Waals surface area contributed by atoms with Crippen LogP contribution in [0.5, 0.6) is 0 Å². The van der Waals surface area contributed by atoms with Gasteiger partial charge in [-0.1, -0.05) is 30.3 Å². The van der Waals surface area contributed by atoms with E-state index in [4.69, 9.17) is 0 Å². The fraction of sp³-hybridized carbons (Fsp3) is 0.333. The highest BCUT2D eigenvalue weighted by Gasteiger charge is 2.35. The molecule has 1 aliphatic rings. The number of amides is 1. The van der Waals surface area contributed by atoms with Gasteiger partial charge in [0.1, 0.15) is 5.65 Å². The highest BCUT2D eigenvalue weighted by atomic mass is 16.1. The third-order valence-electron chi connectivity index (χ3n) is 5.57. The van der Waals surface area contributed by atoms with Gasteiger partial charge >= 0.3 is 0 Å². The molecule has 0 atom stereocenters. The third-order valence-corrected chi connectivity index (χ3v) is 5.57. The summed E-state index contributed by atoms with van der Waals surface area (Å²) in [5.74, 6) is -0.0326. The largest absolute Gasteiger partial charge is 0.351 e. The molecule has 5 heteroatoms. The first-order valence-corrected chi connectivity index (χ1v) is 9.11. The van der Waals surface area contributed by atoms with E-state index in [1.807, 2.05) is 35.0 Å². The lowest BCUT2D eigenvalue weighted by Gasteiger charge is -2.41.